The predicted octanol–water partition coefficient (Wildman–Crippen LogP) is 4.46. The fraction of sp³-hybridized carbons (Fsp3) is 0.240. The minimum Gasteiger partial charge on any atom is -0.494 e. The van der Waals surface area contributed by atoms with Crippen molar-refractivity contribution in [3.8, 4) is 17.2 Å². The van der Waals surface area contributed by atoms with Crippen molar-refractivity contribution >= 4 is 5.91 Å². The summed E-state index contributed by atoms with van der Waals surface area (Å²) < 4.78 is 22.3. The average Bonchev–Trinajstić information content (AvgIpc) is 3.27. The summed E-state index contributed by atoms with van der Waals surface area (Å²) in [5.41, 5.74) is 3.43. The molecule has 0 unspecified atom stereocenters. The van der Waals surface area contributed by atoms with E-state index in [0.717, 1.165) is 28.2 Å². The van der Waals surface area contributed by atoms with Crippen molar-refractivity contribution in [1.82, 2.24) is 5.32 Å². The first-order chi connectivity index (χ1) is 15.2. The molecular weight excluding hydrogens is 394 g/mol. The molecule has 0 fully saturated rings. The topological polar surface area (TPSA) is 66.0 Å². The van der Waals surface area contributed by atoms with Crippen LogP contribution >= 0.6 is 0 Å². The summed E-state index contributed by atoms with van der Waals surface area (Å²) in [7, 11) is 0. The van der Waals surface area contributed by atoms with Crippen LogP contribution in [-0.2, 0) is 24.5 Å². The van der Waals surface area contributed by atoms with Crippen LogP contribution in [-0.4, -0.2) is 19.3 Å². The van der Waals surface area contributed by atoms with Gasteiger partial charge in [0.2, 0.25) is 6.79 Å². The van der Waals surface area contributed by atoms with Gasteiger partial charge in [0.25, 0.3) is 5.91 Å². The Morgan fingerprint density at radius 3 is 2.61 bits per heavy atom. The van der Waals surface area contributed by atoms with Gasteiger partial charge in [-0.2, -0.15) is 0 Å². The van der Waals surface area contributed by atoms with Crippen molar-refractivity contribution in [1.29, 1.82) is 0 Å². The van der Waals surface area contributed by atoms with Gasteiger partial charge in [0.15, 0.2) is 11.5 Å². The van der Waals surface area contributed by atoms with E-state index in [4.69, 9.17) is 18.9 Å². The molecule has 6 nitrogen and oxygen atoms in total. The Morgan fingerprint density at radius 2 is 1.77 bits per heavy atom. The maximum Gasteiger partial charge on any atom is 0.251 e. The molecule has 0 aromatic heterocycles. The molecule has 0 spiro atoms. The van der Waals surface area contributed by atoms with E-state index in [1.54, 1.807) is 6.07 Å². The molecule has 4 rings (SSSR count). The molecule has 6 heteroatoms. The van der Waals surface area contributed by atoms with Gasteiger partial charge >= 0.3 is 0 Å². The first-order valence-corrected chi connectivity index (χ1v) is 10.3. The van der Waals surface area contributed by atoms with Crippen LogP contribution in [0, 0.1) is 0 Å². The lowest BCUT2D eigenvalue weighted by Gasteiger charge is -2.13. The third-order valence-electron chi connectivity index (χ3n) is 4.88. The van der Waals surface area contributed by atoms with E-state index in [0.29, 0.717) is 37.7 Å². The smallest absolute Gasteiger partial charge is 0.251 e. The van der Waals surface area contributed by atoms with E-state index >= 15 is 0 Å². The lowest BCUT2D eigenvalue weighted by atomic mass is 10.1. The van der Waals surface area contributed by atoms with Crippen LogP contribution in [0.5, 0.6) is 17.2 Å². The number of nitrogens with one attached hydrogen (secondary N) is 1. The second-order valence-electron chi connectivity index (χ2n) is 7.10. The minimum atomic E-state index is -0.162. The van der Waals surface area contributed by atoms with Crippen LogP contribution < -0.4 is 19.5 Å². The van der Waals surface area contributed by atoms with Gasteiger partial charge in [-0.3, -0.25) is 4.79 Å². The van der Waals surface area contributed by atoms with Gasteiger partial charge in [-0.05, 0) is 48.4 Å². The van der Waals surface area contributed by atoms with E-state index in [2.05, 4.69) is 5.32 Å². The van der Waals surface area contributed by atoms with Crippen molar-refractivity contribution < 1.29 is 23.7 Å². The molecule has 0 atom stereocenters. The maximum atomic E-state index is 12.7. The number of ether oxygens (including phenoxy) is 4. The second-order valence-corrected chi connectivity index (χ2v) is 7.10. The fourth-order valence-corrected chi connectivity index (χ4v) is 3.32. The number of hydrogen-bond acceptors (Lipinski definition) is 5. The van der Waals surface area contributed by atoms with Gasteiger partial charge in [0, 0.05) is 17.7 Å². The zero-order valence-electron chi connectivity index (χ0n) is 17.4. The molecule has 31 heavy (non-hydrogen) atoms. The first kappa shape index (κ1) is 20.8. The standard InChI is InChI=1S/C25H25NO5/c1-2-29-22-11-9-20(13-21(22)16-28-15-18-6-4-3-5-7-18)25(27)26-14-19-8-10-23-24(12-19)31-17-30-23/h3-13H,2,14-17H2,1H3,(H,26,27). The molecular formula is C25H25NO5. The highest BCUT2D eigenvalue weighted by molar-refractivity contribution is 5.94. The highest BCUT2D eigenvalue weighted by atomic mass is 16.7. The third-order valence-corrected chi connectivity index (χ3v) is 4.88. The fourth-order valence-electron chi connectivity index (χ4n) is 3.32. The summed E-state index contributed by atoms with van der Waals surface area (Å²) in [6, 6.07) is 21.0. The molecule has 0 saturated carbocycles. The zero-order valence-corrected chi connectivity index (χ0v) is 17.4. The predicted molar refractivity (Wildman–Crippen MR) is 116 cm³/mol. The molecule has 1 N–H and O–H groups in total. The van der Waals surface area contributed by atoms with Crippen molar-refractivity contribution in [2.75, 3.05) is 13.4 Å². The first-order valence-electron chi connectivity index (χ1n) is 10.3. The van der Waals surface area contributed by atoms with Gasteiger partial charge in [-0.25, -0.2) is 0 Å². The Bertz CT molecular complexity index is 1040. The van der Waals surface area contributed by atoms with Gasteiger partial charge in [-0.15, -0.1) is 0 Å². The normalized spacial score (nSPS) is 11.9. The Morgan fingerprint density at radius 1 is 0.935 bits per heavy atom. The number of benzene rings is 3. The Balaban J connectivity index is 1.39. The summed E-state index contributed by atoms with van der Waals surface area (Å²) in [5, 5.41) is 2.95. The average molecular weight is 419 g/mol. The maximum absolute atomic E-state index is 12.7. The third kappa shape index (κ3) is 5.35. The van der Waals surface area contributed by atoms with Crippen molar-refractivity contribution in [3.63, 3.8) is 0 Å². The Kier molecular flexibility index (Phi) is 6.69. The molecule has 1 heterocycles. The minimum absolute atomic E-state index is 0.162. The number of carbonyl (C=O) groups excluding carboxylic acids is 1. The molecule has 0 bridgehead atoms. The summed E-state index contributed by atoms with van der Waals surface area (Å²) >= 11 is 0. The number of hydrogen-bond donors (Lipinski definition) is 1. The van der Waals surface area contributed by atoms with Crippen molar-refractivity contribution in [3.05, 3.63) is 89.0 Å². The summed E-state index contributed by atoms with van der Waals surface area (Å²) in [6.07, 6.45) is 0. The molecule has 0 aliphatic carbocycles. The van der Waals surface area contributed by atoms with Crippen molar-refractivity contribution in [2.45, 2.75) is 26.7 Å². The molecule has 0 saturated heterocycles. The van der Waals surface area contributed by atoms with Gasteiger partial charge in [0.05, 0.1) is 19.8 Å². The van der Waals surface area contributed by atoms with Crippen LogP contribution in [0.1, 0.15) is 34.0 Å². The largest absolute Gasteiger partial charge is 0.494 e. The van der Waals surface area contributed by atoms with Gasteiger partial charge < -0.3 is 24.3 Å². The Labute approximate surface area is 181 Å². The van der Waals surface area contributed by atoms with Gasteiger partial charge in [-0.1, -0.05) is 36.4 Å². The SMILES string of the molecule is CCOc1ccc(C(=O)NCc2ccc3c(c2)OCO3)cc1COCc1ccccc1. The summed E-state index contributed by atoms with van der Waals surface area (Å²) in [4.78, 5) is 12.7. The number of fused-ring (bicyclic) bond motifs is 1. The summed E-state index contributed by atoms with van der Waals surface area (Å²) in [5.74, 6) is 1.99. The van der Waals surface area contributed by atoms with E-state index in [1.165, 1.54) is 0 Å². The monoisotopic (exact) mass is 419 g/mol. The van der Waals surface area contributed by atoms with Crippen LogP contribution in [0.4, 0.5) is 0 Å². The molecule has 1 aliphatic rings. The van der Waals surface area contributed by atoms with Crippen LogP contribution in [0.2, 0.25) is 0 Å². The highest BCUT2D eigenvalue weighted by Crippen LogP contribution is 2.32. The number of rotatable bonds is 9. The van der Waals surface area contributed by atoms with E-state index in [1.807, 2.05) is 67.6 Å². The van der Waals surface area contributed by atoms with Crippen LogP contribution in [0.25, 0.3) is 0 Å². The van der Waals surface area contributed by atoms with E-state index < -0.39 is 0 Å². The highest BCUT2D eigenvalue weighted by Gasteiger charge is 2.14. The molecule has 160 valence electrons. The lowest BCUT2D eigenvalue weighted by Crippen LogP contribution is -2.23. The quantitative estimate of drug-likeness (QED) is 0.555. The number of amides is 1. The molecule has 1 amide bonds. The zero-order chi connectivity index (χ0) is 21.5. The summed E-state index contributed by atoms with van der Waals surface area (Å²) in [6.45, 7) is 3.94. The van der Waals surface area contributed by atoms with Crippen molar-refractivity contribution in [2.24, 2.45) is 0 Å². The molecule has 1 aliphatic heterocycles. The molecule has 3 aromatic carbocycles. The number of carbonyl (C=O) groups is 1. The molecule has 0 radical (unpaired) electrons. The van der Waals surface area contributed by atoms with E-state index in [9.17, 15) is 4.79 Å². The second kappa shape index (κ2) is 10.00. The van der Waals surface area contributed by atoms with Crippen LogP contribution in [0.3, 0.4) is 0 Å². The van der Waals surface area contributed by atoms with Gasteiger partial charge in [0.1, 0.15) is 5.75 Å². The van der Waals surface area contributed by atoms with E-state index in [-0.39, 0.29) is 12.7 Å². The van der Waals surface area contributed by atoms with Crippen LogP contribution in [0.15, 0.2) is 66.7 Å². The lowest BCUT2D eigenvalue weighted by molar-refractivity contribution is 0.0948. The molecule has 3 aromatic rings. The Hall–Kier alpha value is -3.51.